The highest BCUT2D eigenvalue weighted by Crippen LogP contribution is 2.36. The second-order valence-corrected chi connectivity index (χ2v) is 5.33. The van der Waals surface area contributed by atoms with Crippen molar-refractivity contribution in [2.45, 2.75) is 12.6 Å². The Morgan fingerprint density at radius 2 is 1.67 bits per heavy atom. The largest absolute Gasteiger partial charge is 0.417 e. The van der Waals surface area contributed by atoms with E-state index in [1.54, 1.807) is 0 Å². The van der Waals surface area contributed by atoms with Gasteiger partial charge < -0.3 is 10.6 Å². The zero-order valence-electron chi connectivity index (χ0n) is 12.3. The van der Waals surface area contributed by atoms with Gasteiger partial charge in [0.2, 0.25) is 5.91 Å². The average molecular weight is 361 g/mol. The third-order valence-electron chi connectivity index (χ3n) is 3.08. The summed E-state index contributed by atoms with van der Waals surface area (Å²) in [5, 5.41) is 4.85. The molecule has 0 unspecified atom stereocenters. The van der Waals surface area contributed by atoms with Gasteiger partial charge in [-0.15, -0.1) is 0 Å². The lowest BCUT2D eigenvalue weighted by Gasteiger charge is -2.12. The highest BCUT2D eigenvalue weighted by Gasteiger charge is 2.33. The van der Waals surface area contributed by atoms with Crippen LogP contribution in [0.1, 0.15) is 12.0 Å². The van der Waals surface area contributed by atoms with Crippen LogP contribution in [-0.4, -0.2) is 12.5 Å². The maximum atomic E-state index is 12.8. The van der Waals surface area contributed by atoms with Gasteiger partial charge in [0, 0.05) is 24.3 Å². The van der Waals surface area contributed by atoms with E-state index in [1.807, 2.05) is 0 Å². The second kappa shape index (κ2) is 7.53. The van der Waals surface area contributed by atoms with Crippen molar-refractivity contribution in [3.8, 4) is 0 Å². The molecule has 3 nitrogen and oxygen atoms in total. The van der Waals surface area contributed by atoms with E-state index in [1.165, 1.54) is 30.3 Å². The Morgan fingerprint density at radius 1 is 1.04 bits per heavy atom. The van der Waals surface area contributed by atoms with Crippen molar-refractivity contribution in [1.29, 1.82) is 0 Å². The molecule has 0 aliphatic rings. The molecule has 0 bridgehead atoms. The molecule has 2 aromatic carbocycles. The van der Waals surface area contributed by atoms with E-state index in [-0.39, 0.29) is 24.5 Å². The maximum Gasteiger partial charge on any atom is 0.417 e. The van der Waals surface area contributed by atoms with E-state index in [0.29, 0.717) is 5.69 Å². The summed E-state index contributed by atoms with van der Waals surface area (Å²) in [5.41, 5.74) is -0.361. The van der Waals surface area contributed by atoms with Crippen molar-refractivity contribution < 1.29 is 22.4 Å². The van der Waals surface area contributed by atoms with Gasteiger partial charge in [0.05, 0.1) is 10.6 Å². The first-order valence-corrected chi connectivity index (χ1v) is 7.29. The van der Waals surface area contributed by atoms with Gasteiger partial charge in [-0.2, -0.15) is 13.2 Å². The molecule has 0 radical (unpaired) electrons. The zero-order valence-corrected chi connectivity index (χ0v) is 13.0. The molecule has 24 heavy (non-hydrogen) atoms. The fraction of sp³-hybridized carbons (Fsp3) is 0.188. The molecule has 0 aliphatic carbocycles. The SMILES string of the molecule is O=C(CCNc1ccc(F)cc1)Nc1ccc(Cl)c(C(F)(F)F)c1. The number of carbonyl (C=O) groups is 1. The quantitative estimate of drug-likeness (QED) is 0.742. The van der Waals surface area contributed by atoms with Crippen molar-refractivity contribution in [2.75, 3.05) is 17.2 Å². The van der Waals surface area contributed by atoms with Gasteiger partial charge in [-0.3, -0.25) is 4.79 Å². The van der Waals surface area contributed by atoms with Crippen molar-refractivity contribution >= 4 is 28.9 Å². The van der Waals surface area contributed by atoms with Crippen LogP contribution in [0.25, 0.3) is 0 Å². The molecule has 0 saturated carbocycles. The van der Waals surface area contributed by atoms with Crippen molar-refractivity contribution in [1.82, 2.24) is 0 Å². The van der Waals surface area contributed by atoms with Gasteiger partial charge in [-0.25, -0.2) is 4.39 Å². The summed E-state index contributed by atoms with van der Waals surface area (Å²) in [6.45, 7) is 0.247. The molecule has 0 fully saturated rings. The number of benzene rings is 2. The second-order valence-electron chi connectivity index (χ2n) is 4.92. The molecular weight excluding hydrogens is 348 g/mol. The van der Waals surface area contributed by atoms with Crippen LogP contribution in [-0.2, 0) is 11.0 Å². The molecule has 2 aromatic rings. The first-order chi connectivity index (χ1) is 11.3. The van der Waals surface area contributed by atoms with Gasteiger partial charge in [-0.05, 0) is 42.5 Å². The van der Waals surface area contributed by atoms with Crippen molar-refractivity contribution in [2.24, 2.45) is 0 Å². The maximum absolute atomic E-state index is 12.8. The summed E-state index contributed by atoms with van der Waals surface area (Å²) in [6.07, 6.45) is -4.57. The van der Waals surface area contributed by atoms with E-state index in [0.717, 1.165) is 12.1 Å². The first-order valence-electron chi connectivity index (χ1n) is 6.92. The summed E-state index contributed by atoms with van der Waals surface area (Å²) in [6, 6.07) is 8.74. The summed E-state index contributed by atoms with van der Waals surface area (Å²) in [7, 11) is 0. The van der Waals surface area contributed by atoms with Crippen LogP contribution in [0.4, 0.5) is 28.9 Å². The number of amides is 1. The number of hydrogen-bond donors (Lipinski definition) is 2. The fourth-order valence-electron chi connectivity index (χ4n) is 1.93. The standard InChI is InChI=1S/C16H13ClF4N2O/c17-14-6-5-12(9-13(14)16(19,20)21)23-15(24)7-8-22-11-3-1-10(18)2-4-11/h1-6,9,22H,7-8H2,(H,23,24). The monoisotopic (exact) mass is 360 g/mol. The minimum absolute atomic E-state index is 0.0125. The molecule has 2 rings (SSSR count). The Labute approximate surface area is 140 Å². The predicted molar refractivity (Wildman–Crippen MR) is 84.6 cm³/mol. The Hall–Kier alpha value is -2.28. The predicted octanol–water partition coefficient (Wildman–Crippen LogP) is 4.94. The number of halogens is 5. The first kappa shape index (κ1) is 18.1. The van der Waals surface area contributed by atoms with Crippen LogP contribution >= 0.6 is 11.6 Å². The number of rotatable bonds is 5. The van der Waals surface area contributed by atoms with Crippen LogP contribution < -0.4 is 10.6 Å². The number of carbonyl (C=O) groups excluding carboxylic acids is 1. The van der Waals surface area contributed by atoms with Gasteiger partial charge in [0.15, 0.2) is 0 Å². The number of nitrogens with one attached hydrogen (secondary N) is 2. The number of anilines is 2. The van der Waals surface area contributed by atoms with E-state index < -0.39 is 22.7 Å². The van der Waals surface area contributed by atoms with Crippen LogP contribution in [0.5, 0.6) is 0 Å². The molecule has 0 heterocycles. The lowest BCUT2D eigenvalue weighted by Crippen LogP contribution is -2.17. The average Bonchev–Trinajstić information content (AvgIpc) is 2.50. The molecule has 0 aliphatic heterocycles. The molecule has 128 valence electrons. The molecule has 0 atom stereocenters. The molecule has 0 spiro atoms. The lowest BCUT2D eigenvalue weighted by molar-refractivity contribution is -0.137. The van der Waals surface area contributed by atoms with Gasteiger partial charge >= 0.3 is 6.18 Å². The van der Waals surface area contributed by atoms with Crippen LogP contribution in [0.3, 0.4) is 0 Å². The molecule has 8 heteroatoms. The summed E-state index contributed by atoms with van der Waals surface area (Å²) < 4.78 is 51.0. The van der Waals surface area contributed by atoms with E-state index >= 15 is 0 Å². The van der Waals surface area contributed by atoms with Crippen LogP contribution in [0.15, 0.2) is 42.5 Å². The molecular formula is C16H13ClF4N2O. The van der Waals surface area contributed by atoms with E-state index in [4.69, 9.17) is 11.6 Å². The van der Waals surface area contributed by atoms with E-state index in [9.17, 15) is 22.4 Å². The van der Waals surface area contributed by atoms with E-state index in [2.05, 4.69) is 10.6 Å². The van der Waals surface area contributed by atoms with Crippen LogP contribution in [0, 0.1) is 5.82 Å². The fourth-order valence-corrected chi connectivity index (χ4v) is 2.16. The zero-order chi connectivity index (χ0) is 17.7. The third-order valence-corrected chi connectivity index (χ3v) is 3.41. The van der Waals surface area contributed by atoms with Gasteiger partial charge in [0.1, 0.15) is 5.82 Å². The third kappa shape index (κ3) is 5.13. The molecule has 1 amide bonds. The van der Waals surface area contributed by atoms with Gasteiger partial charge in [-0.1, -0.05) is 11.6 Å². The summed E-state index contributed by atoms with van der Waals surface area (Å²) in [4.78, 5) is 11.8. The minimum Gasteiger partial charge on any atom is -0.385 e. The van der Waals surface area contributed by atoms with Crippen molar-refractivity contribution in [3.05, 3.63) is 58.9 Å². The molecule has 0 aromatic heterocycles. The topological polar surface area (TPSA) is 41.1 Å². The number of alkyl halides is 3. The normalized spacial score (nSPS) is 11.2. The number of hydrogen-bond acceptors (Lipinski definition) is 2. The smallest absolute Gasteiger partial charge is 0.385 e. The minimum atomic E-state index is -4.60. The lowest BCUT2D eigenvalue weighted by atomic mass is 10.2. The molecule has 2 N–H and O–H groups in total. The van der Waals surface area contributed by atoms with Gasteiger partial charge in [0.25, 0.3) is 0 Å². The van der Waals surface area contributed by atoms with Crippen LogP contribution in [0.2, 0.25) is 5.02 Å². The van der Waals surface area contributed by atoms with Crippen molar-refractivity contribution in [3.63, 3.8) is 0 Å². The summed E-state index contributed by atoms with van der Waals surface area (Å²) in [5.74, 6) is -0.832. The Morgan fingerprint density at radius 3 is 2.29 bits per heavy atom. The molecule has 0 saturated heterocycles. The Balaban J connectivity index is 1.89. The Kier molecular flexibility index (Phi) is 5.66. The highest BCUT2D eigenvalue weighted by atomic mass is 35.5. The summed E-state index contributed by atoms with van der Waals surface area (Å²) >= 11 is 5.51. The Bertz CT molecular complexity index is 717. The highest BCUT2D eigenvalue weighted by molar-refractivity contribution is 6.31.